The van der Waals surface area contributed by atoms with Gasteiger partial charge in [0.15, 0.2) is 5.78 Å². The van der Waals surface area contributed by atoms with Crippen LogP contribution in [0.15, 0.2) is 24.3 Å². The number of aliphatic hydroxyl groups excluding tert-OH is 1. The fourth-order valence-corrected chi connectivity index (χ4v) is 2.66. The minimum atomic E-state index is -1.14. The molecule has 1 aromatic carbocycles. The number of rotatable bonds is 6. The summed E-state index contributed by atoms with van der Waals surface area (Å²) in [6.07, 6.45) is 1.83. The lowest BCUT2D eigenvalue weighted by molar-refractivity contribution is -0.128. The van der Waals surface area contributed by atoms with Gasteiger partial charge in [-0.25, -0.2) is 4.39 Å². The SMILES string of the molecule is C[C@H]1C(=O)NCCN1CCC(O)C(=O)/C=C/c1ccc(F)c(Cl)c1. The van der Waals surface area contributed by atoms with Gasteiger partial charge in [0, 0.05) is 19.6 Å². The molecule has 1 heterocycles. The zero-order valence-corrected chi connectivity index (χ0v) is 14.1. The Morgan fingerprint density at radius 1 is 1.58 bits per heavy atom. The molecule has 130 valence electrons. The number of halogens is 2. The fraction of sp³-hybridized carbons (Fsp3) is 0.412. The molecule has 1 amide bonds. The molecule has 24 heavy (non-hydrogen) atoms. The van der Waals surface area contributed by atoms with E-state index in [0.717, 1.165) is 0 Å². The van der Waals surface area contributed by atoms with Crippen LogP contribution < -0.4 is 5.32 Å². The summed E-state index contributed by atoms with van der Waals surface area (Å²) in [5.41, 5.74) is 0.572. The van der Waals surface area contributed by atoms with Crippen LogP contribution >= 0.6 is 11.6 Å². The van der Waals surface area contributed by atoms with Crippen LogP contribution in [-0.2, 0) is 9.59 Å². The van der Waals surface area contributed by atoms with Gasteiger partial charge in [-0.05, 0) is 37.1 Å². The zero-order valence-electron chi connectivity index (χ0n) is 13.3. The standard InChI is InChI=1S/C17H20ClFN2O3/c1-11-17(24)20-7-9-21(11)8-6-16(23)15(22)5-3-12-2-4-14(19)13(18)10-12/h2-5,10-11,16,23H,6-9H2,1H3,(H,20,24)/b5-3+/t11-,16?/m0/s1. The molecule has 2 atom stereocenters. The van der Waals surface area contributed by atoms with E-state index in [4.69, 9.17) is 11.6 Å². The lowest BCUT2D eigenvalue weighted by atomic mass is 10.1. The van der Waals surface area contributed by atoms with Gasteiger partial charge in [0.25, 0.3) is 0 Å². The quantitative estimate of drug-likeness (QED) is 0.762. The van der Waals surface area contributed by atoms with Crippen LogP contribution in [0.3, 0.4) is 0 Å². The summed E-state index contributed by atoms with van der Waals surface area (Å²) in [6.45, 7) is 3.51. The number of aliphatic hydroxyl groups is 1. The number of carbonyl (C=O) groups excluding carboxylic acids is 2. The van der Waals surface area contributed by atoms with Gasteiger partial charge in [0.05, 0.1) is 11.1 Å². The third-order valence-electron chi connectivity index (χ3n) is 4.03. The summed E-state index contributed by atoms with van der Waals surface area (Å²) in [5.74, 6) is -1.01. The first-order valence-corrected chi connectivity index (χ1v) is 8.13. The van der Waals surface area contributed by atoms with Crippen molar-refractivity contribution in [1.82, 2.24) is 10.2 Å². The minimum Gasteiger partial charge on any atom is -0.385 e. The van der Waals surface area contributed by atoms with Crippen molar-refractivity contribution >= 4 is 29.4 Å². The van der Waals surface area contributed by atoms with E-state index in [1.54, 1.807) is 6.92 Å². The number of benzene rings is 1. The smallest absolute Gasteiger partial charge is 0.237 e. The maximum absolute atomic E-state index is 13.1. The molecular formula is C17H20ClFN2O3. The highest BCUT2D eigenvalue weighted by atomic mass is 35.5. The van der Waals surface area contributed by atoms with Crippen LogP contribution in [0.4, 0.5) is 4.39 Å². The number of nitrogens with one attached hydrogen (secondary N) is 1. The molecule has 1 aliphatic rings. The van der Waals surface area contributed by atoms with E-state index in [2.05, 4.69) is 5.32 Å². The Kier molecular flexibility index (Phi) is 6.48. The van der Waals surface area contributed by atoms with Crippen molar-refractivity contribution in [2.75, 3.05) is 19.6 Å². The Morgan fingerprint density at radius 2 is 2.33 bits per heavy atom. The molecule has 1 saturated heterocycles. The van der Waals surface area contributed by atoms with Crippen LogP contribution in [0.5, 0.6) is 0 Å². The summed E-state index contributed by atoms with van der Waals surface area (Å²) >= 11 is 5.67. The van der Waals surface area contributed by atoms with Gasteiger partial charge in [0.2, 0.25) is 5.91 Å². The second kappa shape index (κ2) is 8.37. The number of hydrogen-bond acceptors (Lipinski definition) is 4. The summed E-state index contributed by atoms with van der Waals surface area (Å²) in [4.78, 5) is 25.4. The van der Waals surface area contributed by atoms with Gasteiger partial charge in [-0.3, -0.25) is 14.5 Å². The topological polar surface area (TPSA) is 69.6 Å². The summed E-state index contributed by atoms with van der Waals surface area (Å²) in [6, 6.07) is 3.84. The number of piperazine rings is 1. The average Bonchev–Trinajstić information content (AvgIpc) is 2.56. The second-order valence-corrected chi connectivity index (χ2v) is 6.12. The average molecular weight is 355 g/mol. The predicted molar refractivity (Wildman–Crippen MR) is 90.1 cm³/mol. The van der Waals surface area contributed by atoms with Crippen LogP contribution in [0.1, 0.15) is 18.9 Å². The van der Waals surface area contributed by atoms with Gasteiger partial charge < -0.3 is 10.4 Å². The predicted octanol–water partition coefficient (Wildman–Crippen LogP) is 1.63. The van der Waals surface area contributed by atoms with Gasteiger partial charge >= 0.3 is 0 Å². The highest BCUT2D eigenvalue weighted by Gasteiger charge is 2.26. The Labute approximate surface area is 145 Å². The number of amides is 1. The third kappa shape index (κ3) is 4.87. The monoisotopic (exact) mass is 354 g/mol. The van der Waals surface area contributed by atoms with Crippen LogP contribution in [0.2, 0.25) is 5.02 Å². The number of hydrogen-bond donors (Lipinski definition) is 2. The molecule has 1 aliphatic heterocycles. The Hall–Kier alpha value is -1.76. The molecule has 1 aromatic rings. The van der Waals surface area contributed by atoms with E-state index < -0.39 is 17.7 Å². The lowest BCUT2D eigenvalue weighted by Gasteiger charge is -2.32. The molecular weight excluding hydrogens is 335 g/mol. The first-order valence-electron chi connectivity index (χ1n) is 7.75. The van der Waals surface area contributed by atoms with Gasteiger partial charge in [-0.15, -0.1) is 0 Å². The molecule has 0 bridgehead atoms. The van der Waals surface area contributed by atoms with Crippen LogP contribution in [0.25, 0.3) is 6.08 Å². The fourth-order valence-electron chi connectivity index (χ4n) is 2.47. The molecule has 0 spiro atoms. The van der Waals surface area contributed by atoms with Crippen LogP contribution in [-0.4, -0.2) is 53.5 Å². The molecule has 1 unspecified atom stereocenters. The molecule has 0 radical (unpaired) electrons. The van der Waals surface area contributed by atoms with E-state index >= 15 is 0 Å². The van der Waals surface area contributed by atoms with Crippen molar-refractivity contribution < 1.29 is 19.1 Å². The Balaban J connectivity index is 1.86. The number of nitrogens with zero attached hydrogens (tertiary/aromatic N) is 1. The maximum Gasteiger partial charge on any atom is 0.237 e. The summed E-state index contributed by atoms with van der Waals surface area (Å²) < 4.78 is 13.1. The highest BCUT2D eigenvalue weighted by Crippen LogP contribution is 2.17. The van der Waals surface area contributed by atoms with Crippen LogP contribution in [0, 0.1) is 5.82 Å². The van der Waals surface area contributed by atoms with Gasteiger partial charge in [0.1, 0.15) is 11.9 Å². The van der Waals surface area contributed by atoms with Crippen molar-refractivity contribution in [2.24, 2.45) is 0 Å². The molecule has 2 rings (SSSR count). The largest absolute Gasteiger partial charge is 0.385 e. The third-order valence-corrected chi connectivity index (χ3v) is 4.32. The van der Waals surface area contributed by atoms with Crippen molar-refractivity contribution in [3.05, 3.63) is 40.7 Å². The molecule has 0 saturated carbocycles. The van der Waals surface area contributed by atoms with Crippen molar-refractivity contribution in [3.8, 4) is 0 Å². The molecule has 0 aliphatic carbocycles. The normalized spacial score (nSPS) is 20.2. The Bertz CT molecular complexity index is 651. The maximum atomic E-state index is 13.1. The number of carbonyl (C=O) groups is 2. The van der Waals surface area contributed by atoms with Crippen molar-refractivity contribution in [3.63, 3.8) is 0 Å². The molecule has 7 heteroatoms. The summed E-state index contributed by atoms with van der Waals surface area (Å²) in [5, 5.41) is 12.7. The molecule has 2 N–H and O–H groups in total. The molecule has 5 nitrogen and oxygen atoms in total. The highest BCUT2D eigenvalue weighted by molar-refractivity contribution is 6.30. The van der Waals surface area contributed by atoms with Gasteiger partial charge in [-0.2, -0.15) is 0 Å². The first-order chi connectivity index (χ1) is 11.4. The minimum absolute atomic E-state index is 0.0255. The van der Waals surface area contributed by atoms with E-state index in [1.165, 1.54) is 30.4 Å². The zero-order chi connectivity index (χ0) is 17.7. The van der Waals surface area contributed by atoms with Crippen molar-refractivity contribution in [2.45, 2.75) is 25.5 Å². The molecule has 0 aromatic heterocycles. The first kappa shape index (κ1) is 18.6. The van der Waals surface area contributed by atoms with Crippen molar-refractivity contribution in [1.29, 1.82) is 0 Å². The molecule has 1 fully saturated rings. The van der Waals surface area contributed by atoms with Gasteiger partial charge in [-0.1, -0.05) is 23.7 Å². The number of ketones is 1. The van der Waals surface area contributed by atoms with E-state index in [0.29, 0.717) is 25.2 Å². The lowest BCUT2D eigenvalue weighted by Crippen LogP contribution is -2.54. The summed E-state index contributed by atoms with van der Waals surface area (Å²) in [7, 11) is 0. The van der Waals surface area contributed by atoms with E-state index in [9.17, 15) is 19.1 Å². The second-order valence-electron chi connectivity index (χ2n) is 5.72. The van der Waals surface area contributed by atoms with E-state index in [-0.39, 0.29) is 23.4 Å². The van der Waals surface area contributed by atoms with E-state index in [1.807, 2.05) is 4.90 Å². The Morgan fingerprint density at radius 3 is 3.04 bits per heavy atom.